The van der Waals surface area contributed by atoms with Crippen molar-refractivity contribution < 1.29 is 0 Å². The van der Waals surface area contributed by atoms with Crippen LogP contribution in [-0.2, 0) is 0 Å². The van der Waals surface area contributed by atoms with E-state index in [1.807, 2.05) is 42.5 Å². The average Bonchev–Trinajstić information content (AvgIpc) is 2.42. The highest BCUT2D eigenvalue weighted by Crippen LogP contribution is 2.30. The van der Waals surface area contributed by atoms with Crippen molar-refractivity contribution in [2.75, 3.05) is 11.1 Å². The smallest absolute Gasteiger partial charge is 0.0722 e. The maximum Gasteiger partial charge on any atom is 0.0722 e. The predicted molar refractivity (Wildman–Crippen MR) is 80.9 cm³/mol. The molecule has 0 aliphatic carbocycles. The molecule has 0 aliphatic heterocycles. The first-order valence-corrected chi connectivity index (χ1v) is 6.27. The Balaban J connectivity index is 2.06. The summed E-state index contributed by atoms with van der Waals surface area (Å²) in [6.45, 7) is 0. The van der Waals surface area contributed by atoms with Gasteiger partial charge in [-0.15, -0.1) is 0 Å². The lowest BCUT2D eigenvalue weighted by molar-refractivity contribution is 1.41. The van der Waals surface area contributed by atoms with E-state index in [4.69, 9.17) is 17.3 Å². The first kappa shape index (κ1) is 11.8. The van der Waals surface area contributed by atoms with E-state index in [0.717, 1.165) is 22.3 Å². The third kappa shape index (κ3) is 2.33. The number of aromatic nitrogens is 1. The Morgan fingerprint density at radius 3 is 2.74 bits per heavy atom. The highest BCUT2D eigenvalue weighted by molar-refractivity contribution is 6.33. The summed E-state index contributed by atoms with van der Waals surface area (Å²) >= 11 is 6.17. The molecule has 0 spiro atoms. The van der Waals surface area contributed by atoms with Crippen LogP contribution in [0.15, 0.2) is 54.7 Å². The number of benzene rings is 2. The van der Waals surface area contributed by atoms with Gasteiger partial charge in [-0.25, -0.2) is 0 Å². The molecule has 94 valence electrons. The van der Waals surface area contributed by atoms with E-state index in [1.165, 1.54) is 0 Å². The van der Waals surface area contributed by atoms with Crippen molar-refractivity contribution in [3.8, 4) is 0 Å². The van der Waals surface area contributed by atoms with E-state index in [1.54, 1.807) is 12.3 Å². The molecule has 0 amide bonds. The number of fused-ring (bicyclic) bond motifs is 1. The first-order valence-electron chi connectivity index (χ1n) is 5.90. The molecule has 3 rings (SSSR count). The van der Waals surface area contributed by atoms with Gasteiger partial charge in [-0.05, 0) is 42.5 Å². The Morgan fingerprint density at radius 1 is 1.00 bits per heavy atom. The molecule has 0 radical (unpaired) electrons. The van der Waals surface area contributed by atoms with Gasteiger partial charge in [0.15, 0.2) is 0 Å². The monoisotopic (exact) mass is 269 g/mol. The molecule has 0 bridgehead atoms. The number of nitrogens with two attached hydrogens (primary N) is 1. The fourth-order valence-corrected chi connectivity index (χ4v) is 2.23. The molecule has 0 fully saturated rings. The van der Waals surface area contributed by atoms with Crippen LogP contribution in [0, 0.1) is 0 Å². The molecule has 0 saturated carbocycles. The SMILES string of the molecule is Nc1ccc(Nc2cccc3ncccc23)c(Cl)c1. The van der Waals surface area contributed by atoms with Crippen LogP contribution in [0.25, 0.3) is 10.9 Å². The van der Waals surface area contributed by atoms with Gasteiger partial charge in [0.25, 0.3) is 0 Å². The van der Waals surface area contributed by atoms with Crippen molar-refractivity contribution in [3.63, 3.8) is 0 Å². The quantitative estimate of drug-likeness (QED) is 0.685. The lowest BCUT2D eigenvalue weighted by Crippen LogP contribution is -1.94. The van der Waals surface area contributed by atoms with Crippen molar-refractivity contribution in [2.24, 2.45) is 0 Å². The molecule has 3 aromatic rings. The summed E-state index contributed by atoms with van der Waals surface area (Å²) in [5, 5.41) is 4.97. The summed E-state index contributed by atoms with van der Waals surface area (Å²) in [5.41, 5.74) is 9.08. The topological polar surface area (TPSA) is 50.9 Å². The molecule has 0 unspecified atom stereocenters. The number of pyridine rings is 1. The summed E-state index contributed by atoms with van der Waals surface area (Å²) in [7, 11) is 0. The van der Waals surface area contributed by atoms with Gasteiger partial charge in [-0.2, -0.15) is 0 Å². The normalized spacial score (nSPS) is 10.6. The van der Waals surface area contributed by atoms with Crippen LogP contribution in [0.2, 0.25) is 5.02 Å². The zero-order chi connectivity index (χ0) is 13.2. The molecule has 4 heteroatoms. The van der Waals surface area contributed by atoms with Gasteiger partial charge in [0.1, 0.15) is 0 Å². The molecular formula is C15H12ClN3. The largest absolute Gasteiger partial charge is 0.399 e. The third-order valence-corrected chi connectivity index (χ3v) is 3.22. The molecule has 19 heavy (non-hydrogen) atoms. The molecule has 0 aliphatic rings. The van der Waals surface area contributed by atoms with Crippen molar-refractivity contribution in [2.45, 2.75) is 0 Å². The molecular weight excluding hydrogens is 258 g/mol. The number of halogens is 1. The number of anilines is 3. The zero-order valence-electron chi connectivity index (χ0n) is 10.1. The van der Waals surface area contributed by atoms with Crippen LogP contribution in [0.1, 0.15) is 0 Å². The average molecular weight is 270 g/mol. The molecule has 3 nitrogen and oxygen atoms in total. The molecule has 0 saturated heterocycles. The number of nitrogen functional groups attached to an aromatic ring is 1. The second kappa shape index (κ2) is 4.78. The highest BCUT2D eigenvalue weighted by atomic mass is 35.5. The van der Waals surface area contributed by atoms with E-state index in [9.17, 15) is 0 Å². The van der Waals surface area contributed by atoms with Gasteiger partial charge in [0.2, 0.25) is 0 Å². The Hall–Kier alpha value is -2.26. The molecule has 0 atom stereocenters. The zero-order valence-corrected chi connectivity index (χ0v) is 10.9. The van der Waals surface area contributed by atoms with Gasteiger partial charge in [0.05, 0.1) is 16.2 Å². The van der Waals surface area contributed by atoms with Crippen LogP contribution < -0.4 is 11.1 Å². The van der Waals surface area contributed by atoms with Crippen molar-refractivity contribution >= 4 is 39.6 Å². The van der Waals surface area contributed by atoms with E-state index in [2.05, 4.69) is 10.3 Å². The van der Waals surface area contributed by atoms with Crippen LogP contribution in [0.4, 0.5) is 17.1 Å². The number of nitrogens with zero attached hydrogens (tertiary/aromatic N) is 1. The molecule has 3 N–H and O–H groups in total. The number of hydrogen-bond acceptors (Lipinski definition) is 3. The summed E-state index contributed by atoms with van der Waals surface area (Å²) in [5.74, 6) is 0. The van der Waals surface area contributed by atoms with E-state index < -0.39 is 0 Å². The number of rotatable bonds is 2. The summed E-state index contributed by atoms with van der Waals surface area (Å²) in [6, 6.07) is 15.3. The van der Waals surface area contributed by atoms with Gasteiger partial charge < -0.3 is 11.1 Å². The van der Waals surface area contributed by atoms with E-state index in [0.29, 0.717) is 10.7 Å². The van der Waals surface area contributed by atoms with E-state index >= 15 is 0 Å². The minimum absolute atomic E-state index is 0.598. The Labute approximate surface area is 116 Å². The summed E-state index contributed by atoms with van der Waals surface area (Å²) in [4.78, 5) is 4.33. The van der Waals surface area contributed by atoms with Gasteiger partial charge >= 0.3 is 0 Å². The summed E-state index contributed by atoms with van der Waals surface area (Å²) in [6.07, 6.45) is 1.78. The standard InChI is InChI=1S/C15H12ClN3/c16-12-9-10(17)6-7-15(12)19-14-5-1-4-13-11(14)3-2-8-18-13/h1-9,19H,17H2. The second-order valence-electron chi connectivity index (χ2n) is 4.24. The van der Waals surface area contributed by atoms with E-state index in [-0.39, 0.29) is 0 Å². The highest BCUT2D eigenvalue weighted by Gasteiger charge is 2.04. The second-order valence-corrected chi connectivity index (χ2v) is 4.65. The van der Waals surface area contributed by atoms with Crippen LogP contribution in [0.5, 0.6) is 0 Å². The molecule has 1 aromatic heterocycles. The Bertz CT molecular complexity index is 735. The lowest BCUT2D eigenvalue weighted by Gasteiger charge is -2.11. The maximum absolute atomic E-state index is 6.17. The van der Waals surface area contributed by atoms with Crippen molar-refractivity contribution in [1.82, 2.24) is 4.98 Å². The minimum atomic E-state index is 0.598. The van der Waals surface area contributed by atoms with Crippen molar-refractivity contribution in [3.05, 3.63) is 59.8 Å². The van der Waals surface area contributed by atoms with Gasteiger partial charge in [-0.3, -0.25) is 4.98 Å². The van der Waals surface area contributed by atoms with Crippen LogP contribution in [0.3, 0.4) is 0 Å². The van der Waals surface area contributed by atoms with Crippen LogP contribution in [-0.4, -0.2) is 4.98 Å². The van der Waals surface area contributed by atoms with Gasteiger partial charge in [-0.1, -0.05) is 17.7 Å². The fourth-order valence-electron chi connectivity index (χ4n) is 1.99. The Kier molecular flexibility index (Phi) is 2.97. The van der Waals surface area contributed by atoms with Gasteiger partial charge in [0, 0.05) is 23.0 Å². The predicted octanol–water partition coefficient (Wildman–Crippen LogP) is 4.21. The first-order chi connectivity index (χ1) is 9.24. The minimum Gasteiger partial charge on any atom is -0.399 e. The fraction of sp³-hybridized carbons (Fsp3) is 0. The lowest BCUT2D eigenvalue weighted by atomic mass is 10.1. The molecule has 2 aromatic carbocycles. The van der Waals surface area contributed by atoms with Crippen LogP contribution >= 0.6 is 11.6 Å². The Morgan fingerprint density at radius 2 is 1.89 bits per heavy atom. The summed E-state index contributed by atoms with van der Waals surface area (Å²) < 4.78 is 0. The molecule has 1 heterocycles. The maximum atomic E-state index is 6.17. The number of nitrogens with one attached hydrogen (secondary N) is 1. The van der Waals surface area contributed by atoms with Crippen molar-refractivity contribution in [1.29, 1.82) is 0 Å². The number of hydrogen-bond donors (Lipinski definition) is 2. The third-order valence-electron chi connectivity index (χ3n) is 2.91.